The predicted octanol–water partition coefficient (Wildman–Crippen LogP) is 6.96. The molecular formula is C32H42O5Si. The Morgan fingerprint density at radius 3 is 1.61 bits per heavy atom. The molecule has 0 amide bonds. The highest BCUT2D eigenvalue weighted by molar-refractivity contribution is 6.74. The largest absolute Gasteiger partial charge is 0.409 e. The number of hydrogen-bond acceptors (Lipinski definition) is 5. The summed E-state index contributed by atoms with van der Waals surface area (Å²) in [6, 6.07) is 29.8. The standard InChI is InChI=1S/C32H42O5Si/c1-32(2,3)38(4,5)37-30(25-34-22-26-15-9-6-10-16-26)31(36-24-28-19-13-8-14-20-28)29(21-33)35-23-27-17-11-7-12-18-27/h6-21,29-31H,22-25H2,1-5H3/t29-,30-,31+/m1/s1. The van der Waals surface area contributed by atoms with E-state index < -0.39 is 26.6 Å². The molecule has 0 saturated carbocycles. The summed E-state index contributed by atoms with van der Waals surface area (Å²) in [6.07, 6.45) is -1.14. The van der Waals surface area contributed by atoms with Crippen LogP contribution in [-0.4, -0.2) is 39.5 Å². The SMILES string of the molecule is CC(C)(C)[Si](C)(C)O[C@H](COCc1ccccc1)[C@@H](OCc1ccccc1)[C@@H](C=O)OCc1ccccc1. The molecule has 0 unspecified atom stereocenters. The maximum Gasteiger partial charge on any atom is 0.192 e. The monoisotopic (exact) mass is 534 g/mol. The van der Waals surface area contributed by atoms with Crippen molar-refractivity contribution in [1.29, 1.82) is 0 Å². The van der Waals surface area contributed by atoms with Crippen LogP contribution in [0, 0.1) is 0 Å². The van der Waals surface area contributed by atoms with Gasteiger partial charge in [0.2, 0.25) is 0 Å². The fourth-order valence-electron chi connectivity index (χ4n) is 3.78. The third-order valence-electron chi connectivity index (χ3n) is 7.04. The van der Waals surface area contributed by atoms with Gasteiger partial charge in [-0.3, -0.25) is 0 Å². The zero-order valence-electron chi connectivity index (χ0n) is 23.3. The maximum atomic E-state index is 12.5. The van der Waals surface area contributed by atoms with E-state index in [0.717, 1.165) is 23.0 Å². The summed E-state index contributed by atoms with van der Waals surface area (Å²) in [5.74, 6) is 0. The second-order valence-electron chi connectivity index (χ2n) is 11.1. The molecule has 0 aliphatic carbocycles. The molecule has 0 aromatic heterocycles. The van der Waals surface area contributed by atoms with Crippen molar-refractivity contribution in [2.75, 3.05) is 6.61 Å². The summed E-state index contributed by atoms with van der Waals surface area (Å²) in [5, 5.41) is -0.0315. The molecule has 0 heterocycles. The van der Waals surface area contributed by atoms with E-state index in [4.69, 9.17) is 18.6 Å². The molecular weight excluding hydrogens is 492 g/mol. The Bertz CT molecular complexity index is 1070. The average Bonchev–Trinajstić information content (AvgIpc) is 2.91. The molecule has 204 valence electrons. The van der Waals surface area contributed by atoms with Gasteiger partial charge in [0.1, 0.15) is 12.2 Å². The fraction of sp³-hybridized carbons (Fsp3) is 0.406. The zero-order chi connectivity index (χ0) is 27.4. The topological polar surface area (TPSA) is 54.0 Å². The van der Waals surface area contributed by atoms with E-state index in [9.17, 15) is 4.79 Å². The smallest absolute Gasteiger partial charge is 0.192 e. The quantitative estimate of drug-likeness (QED) is 0.156. The summed E-state index contributed by atoms with van der Waals surface area (Å²) in [7, 11) is -2.25. The molecule has 0 aliphatic rings. The lowest BCUT2D eigenvalue weighted by atomic mass is 10.1. The lowest BCUT2D eigenvalue weighted by Crippen LogP contribution is -2.53. The van der Waals surface area contributed by atoms with Crippen molar-refractivity contribution >= 4 is 14.6 Å². The summed E-state index contributed by atoms with van der Waals surface area (Å²) in [5.41, 5.74) is 3.08. The lowest BCUT2D eigenvalue weighted by molar-refractivity contribution is -0.153. The molecule has 5 nitrogen and oxygen atoms in total. The van der Waals surface area contributed by atoms with E-state index in [0.29, 0.717) is 19.8 Å². The van der Waals surface area contributed by atoms with Crippen molar-refractivity contribution < 1.29 is 23.4 Å². The van der Waals surface area contributed by atoms with E-state index in [2.05, 4.69) is 33.9 Å². The average molecular weight is 535 g/mol. The Balaban J connectivity index is 1.85. The molecule has 0 radical (unpaired) electrons. The van der Waals surface area contributed by atoms with Gasteiger partial charge < -0.3 is 23.4 Å². The summed E-state index contributed by atoms with van der Waals surface area (Å²) < 4.78 is 25.7. The molecule has 6 heteroatoms. The van der Waals surface area contributed by atoms with Gasteiger partial charge in [-0.2, -0.15) is 0 Å². The van der Waals surface area contributed by atoms with Crippen LogP contribution < -0.4 is 0 Å². The second kappa shape index (κ2) is 14.5. The molecule has 3 aromatic rings. The van der Waals surface area contributed by atoms with Gasteiger partial charge in [0.25, 0.3) is 0 Å². The molecule has 3 rings (SSSR count). The van der Waals surface area contributed by atoms with Gasteiger partial charge in [-0.25, -0.2) is 0 Å². The van der Waals surface area contributed by atoms with Crippen molar-refractivity contribution in [3.05, 3.63) is 108 Å². The highest BCUT2D eigenvalue weighted by Gasteiger charge is 2.43. The zero-order valence-corrected chi connectivity index (χ0v) is 24.3. The van der Waals surface area contributed by atoms with Gasteiger partial charge in [0.15, 0.2) is 14.6 Å². The minimum Gasteiger partial charge on any atom is -0.409 e. The van der Waals surface area contributed by atoms with E-state index in [-0.39, 0.29) is 11.6 Å². The van der Waals surface area contributed by atoms with Crippen LogP contribution in [0.1, 0.15) is 37.5 Å². The Kier molecular flexibility index (Phi) is 11.4. The molecule has 0 aliphatic heterocycles. The van der Waals surface area contributed by atoms with Crippen molar-refractivity contribution in [1.82, 2.24) is 0 Å². The fourth-order valence-corrected chi connectivity index (χ4v) is 5.09. The number of benzene rings is 3. The van der Waals surface area contributed by atoms with Crippen molar-refractivity contribution in [3.8, 4) is 0 Å². The van der Waals surface area contributed by atoms with Crippen molar-refractivity contribution in [3.63, 3.8) is 0 Å². The van der Waals surface area contributed by atoms with Crippen LogP contribution in [0.4, 0.5) is 0 Å². The number of rotatable bonds is 15. The molecule has 0 N–H and O–H groups in total. The molecule has 0 fully saturated rings. The van der Waals surface area contributed by atoms with E-state index in [1.807, 2.05) is 91.0 Å². The summed E-state index contributed by atoms with van der Waals surface area (Å²) in [4.78, 5) is 12.5. The van der Waals surface area contributed by atoms with Gasteiger partial charge in [-0.1, -0.05) is 112 Å². The third kappa shape index (κ3) is 9.29. The molecule has 0 spiro atoms. The minimum absolute atomic E-state index is 0.0315. The Morgan fingerprint density at radius 1 is 0.711 bits per heavy atom. The Hall–Kier alpha value is -2.61. The summed E-state index contributed by atoms with van der Waals surface area (Å²) in [6.45, 7) is 12.4. The molecule has 3 atom stereocenters. The number of carbonyl (C=O) groups excluding carboxylic acids is 1. The van der Waals surface area contributed by atoms with Crippen molar-refractivity contribution in [2.45, 2.75) is 77.0 Å². The molecule has 38 heavy (non-hydrogen) atoms. The van der Waals surface area contributed by atoms with E-state index >= 15 is 0 Å². The van der Waals surface area contributed by atoms with Crippen molar-refractivity contribution in [2.24, 2.45) is 0 Å². The van der Waals surface area contributed by atoms with Crippen LogP contribution in [0.25, 0.3) is 0 Å². The summed E-state index contributed by atoms with van der Waals surface area (Å²) >= 11 is 0. The van der Waals surface area contributed by atoms with Gasteiger partial charge in [0.05, 0.1) is 32.5 Å². The molecule has 0 bridgehead atoms. The van der Waals surface area contributed by atoms with Crippen LogP contribution >= 0.6 is 0 Å². The predicted molar refractivity (Wildman–Crippen MR) is 154 cm³/mol. The Morgan fingerprint density at radius 2 is 1.16 bits per heavy atom. The van der Waals surface area contributed by atoms with Crippen LogP contribution in [0.5, 0.6) is 0 Å². The molecule has 3 aromatic carbocycles. The number of carbonyl (C=O) groups is 1. The second-order valence-corrected chi connectivity index (χ2v) is 15.8. The van der Waals surface area contributed by atoms with E-state index in [1.165, 1.54) is 0 Å². The van der Waals surface area contributed by atoms with Gasteiger partial charge >= 0.3 is 0 Å². The maximum absolute atomic E-state index is 12.5. The van der Waals surface area contributed by atoms with Gasteiger partial charge in [0, 0.05) is 0 Å². The van der Waals surface area contributed by atoms with Crippen LogP contribution in [0.15, 0.2) is 91.0 Å². The lowest BCUT2D eigenvalue weighted by Gasteiger charge is -2.42. The number of aldehydes is 1. The first-order chi connectivity index (χ1) is 18.2. The molecule has 0 saturated heterocycles. The highest BCUT2D eigenvalue weighted by atomic mass is 28.4. The highest BCUT2D eigenvalue weighted by Crippen LogP contribution is 2.38. The normalized spacial score (nSPS) is 14.6. The van der Waals surface area contributed by atoms with Crippen LogP contribution in [0.2, 0.25) is 18.1 Å². The first kappa shape index (κ1) is 29.9. The Labute approximate surface area is 229 Å². The number of ether oxygens (including phenoxy) is 3. The van der Waals surface area contributed by atoms with Gasteiger partial charge in [-0.05, 0) is 34.8 Å². The first-order valence-electron chi connectivity index (χ1n) is 13.3. The van der Waals surface area contributed by atoms with Crippen LogP contribution in [-0.2, 0) is 43.3 Å². The van der Waals surface area contributed by atoms with Crippen LogP contribution in [0.3, 0.4) is 0 Å². The van der Waals surface area contributed by atoms with E-state index in [1.54, 1.807) is 0 Å². The minimum atomic E-state index is -2.25. The third-order valence-corrected chi connectivity index (χ3v) is 11.5. The number of hydrogen-bond donors (Lipinski definition) is 0. The first-order valence-corrected chi connectivity index (χ1v) is 16.2. The van der Waals surface area contributed by atoms with Gasteiger partial charge in [-0.15, -0.1) is 0 Å².